The Morgan fingerprint density at radius 3 is 2.85 bits per heavy atom. The lowest BCUT2D eigenvalue weighted by Crippen LogP contribution is -2.14. The Morgan fingerprint density at radius 1 is 1.62 bits per heavy atom. The molecule has 1 aromatic rings. The Hall–Kier alpha value is -1.38. The highest BCUT2D eigenvalue weighted by atomic mass is 16.1. The van der Waals surface area contributed by atoms with Crippen LogP contribution in [-0.4, -0.2) is 10.9 Å². The molecule has 0 saturated carbocycles. The molecule has 0 saturated heterocycles. The number of hydrogen-bond acceptors (Lipinski definition) is 2. The van der Waals surface area contributed by atoms with Crippen LogP contribution in [0.3, 0.4) is 0 Å². The van der Waals surface area contributed by atoms with Crippen LogP contribution >= 0.6 is 0 Å². The second-order valence-corrected chi connectivity index (χ2v) is 3.50. The van der Waals surface area contributed by atoms with E-state index in [1.54, 1.807) is 18.5 Å². The summed E-state index contributed by atoms with van der Waals surface area (Å²) in [5.74, 6) is 0.125. The summed E-state index contributed by atoms with van der Waals surface area (Å²) >= 11 is 0. The molecule has 1 heterocycles. The monoisotopic (exact) mass is 178 g/mol. The van der Waals surface area contributed by atoms with Crippen LogP contribution in [0.1, 0.15) is 29.8 Å². The van der Waals surface area contributed by atoms with Gasteiger partial charge in [-0.15, -0.1) is 0 Å². The van der Waals surface area contributed by atoms with Crippen molar-refractivity contribution in [3.05, 3.63) is 29.6 Å². The van der Waals surface area contributed by atoms with E-state index in [2.05, 4.69) is 18.8 Å². The predicted octanol–water partition coefficient (Wildman–Crippen LogP) is 1.38. The Labute approximate surface area is 78.0 Å². The lowest BCUT2D eigenvalue weighted by molar-refractivity contribution is 0.0999. The maximum atomic E-state index is 11.0. The number of pyridine rings is 1. The van der Waals surface area contributed by atoms with E-state index in [-0.39, 0.29) is 5.91 Å². The van der Waals surface area contributed by atoms with Gasteiger partial charge in [0.15, 0.2) is 0 Å². The molecule has 3 heteroatoms. The van der Waals surface area contributed by atoms with E-state index in [0.717, 1.165) is 12.0 Å². The standard InChI is InChI=1S/C10H14N2O/c1-7(2)5-8-6-12-4-3-9(8)10(11)13/h3-4,6-7H,5H2,1-2H3,(H2,11,13). The highest BCUT2D eigenvalue weighted by Gasteiger charge is 2.08. The van der Waals surface area contributed by atoms with Crippen LogP contribution in [0.25, 0.3) is 0 Å². The van der Waals surface area contributed by atoms with Crippen molar-refractivity contribution in [3.8, 4) is 0 Å². The number of hydrogen-bond donors (Lipinski definition) is 1. The van der Waals surface area contributed by atoms with Gasteiger partial charge in [0.05, 0.1) is 0 Å². The van der Waals surface area contributed by atoms with Gasteiger partial charge in [-0.2, -0.15) is 0 Å². The maximum absolute atomic E-state index is 11.0. The summed E-state index contributed by atoms with van der Waals surface area (Å²) in [5, 5.41) is 0. The zero-order valence-corrected chi connectivity index (χ0v) is 7.95. The Balaban J connectivity index is 2.98. The molecular formula is C10H14N2O. The Bertz CT molecular complexity index is 308. The smallest absolute Gasteiger partial charge is 0.249 e. The minimum Gasteiger partial charge on any atom is -0.366 e. The van der Waals surface area contributed by atoms with Crippen molar-refractivity contribution >= 4 is 5.91 Å². The largest absolute Gasteiger partial charge is 0.366 e. The summed E-state index contributed by atoms with van der Waals surface area (Å²) in [6.07, 6.45) is 4.14. The fourth-order valence-electron chi connectivity index (χ4n) is 1.27. The topological polar surface area (TPSA) is 56.0 Å². The third-order valence-corrected chi connectivity index (χ3v) is 1.80. The van der Waals surface area contributed by atoms with E-state index in [0.29, 0.717) is 11.5 Å². The predicted molar refractivity (Wildman–Crippen MR) is 51.3 cm³/mol. The van der Waals surface area contributed by atoms with Crippen molar-refractivity contribution in [1.82, 2.24) is 4.98 Å². The molecule has 0 aliphatic rings. The van der Waals surface area contributed by atoms with Crippen molar-refractivity contribution < 1.29 is 4.79 Å². The number of amides is 1. The van der Waals surface area contributed by atoms with Gasteiger partial charge in [-0.1, -0.05) is 13.8 Å². The third kappa shape index (κ3) is 2.54. The maximum Gasteiger partial charge on any atom is 0.249 e. The van der Waals surface area contributed by atoms with E-state index in [9.17, 15) is 4.79 Å². The molecule has 0 radical (unpaired) electrons. The summed E-state index contributed by atoms with van der Waals surface area (Å²) in [7, 11) is 0. The first-order valence-electron chi connectivity index (χ1n) is 4.34. The molecule has 0 aromatic carbocycles. The summed E-state index contributed by atoms with van der Waals surface area (Å²) in [5.41, 5.74) is 6.75. The number of primary amides is 1. The molecule has 0 aliphatic heterocycles. The number of rotatable bonds is 3. The minimum absolute atomic E-state index is 0.377. The molecule has 0 fully saturated rings. The summed E-state index contributed by atoms with van der Waals surface area (Å²) < 4.78 is 0. The van der Waals surface area contributed by atoms with Crippen molar-refractivity contribution in [2.75, 3.05) is 0 Å². The second kappa shape index (κ2) is 4.03. The van der Waals surface area contributed by atoms with E-state index < -0.39 is 0 Å². The van der Waals surface area contributed by atoms with Gasteiger partial charge in [-0.3, -0.25) is 9.78 Å². The van der Waals surface area contributed by atoms with Crippen LogP contribution in [0.5, 0.6) is 0 Å². The lowest BCUT2D eigenvalue weighted by atomic mass is 10.00. The SMILES string of the molecule is CC(C)Cc1cnccc1C(N)=O. The first kappa shape index (κ1) is 9.71. The van der Waals surface area contributed by atoms with Crippen LogP contribution in [0, 0.1) is 5.92 Å². The van der Waals surface area contributed by atoms with Gasteiger partial charge in [-0.25, -0.2) is 0 Å². The van der Waals surface area contributed by atoms with Crippen molar-refractivity contribution in [3.63, 3.8) is 0 Å². The lowest BCUT2D eigenvalue weighted by Gasteiger charge is -2.07. The Kier molecular flexibility index (Phi) is 3.01. The van der Waals surface area contributed by atoms with E-state index in [1.807, 2.05) is 0 Å². The molecule has 0 atom stereocenters. The van der Waals surface area contributed by atoms with E-state index in [1.165, 1.54) is 0 Å². The quantitative estimate of drug-likeness (QED) is 0.760. The fraction of sp³-hybridized carbons (Fsp3) is 0.400. The molecule has 1 amide bonds. The second-order valence-electron chi connectivity index (χ2n) is 3.50. The molecule has 70 valence electrons. The number of nitrogens with two attached hydrogens (primary N) is 1. The zero-order valence-electron chi connectivity index (χ0n) is 7.95. The number of nitrogens with zero attached hydrogens (tertiary/aromatic N) is 1. The molecule has 0 aliphatic carbocycles. The first-order chi connectivity index (χ1) is 6.11. The molecule has 1 rings (SSSR count). The molecule has 2 N–H and O–H groups in total. The molecule has 13 heavy (non-hydrogen) atoms. The van der Waals surface area contributed by atoms with Crippen LogP contribution in [0.2, 0.25) is 0 Å². The van der Waals surface area contributed by atoms with Crippen molar-refractivity contribution in [1.29, 1.82) is 0 Å². The average Bonchev–Trinajstić information content (AvgIpc) is 2.03. The average molecular weight is 178 g/mol. The van der Waals surface area contributed by atoms with Crippen molar-refractivity contribution in [2.24, 2.45) is 11.7 Å². The zero-order chi connectivity index (χ0) is 9.84. The Morgan fingerprint density at radius 2 is 2.31 bits per heavy atom. The van der Waals surface area contributed by atoms with Gasteiger partial charge in [0.25, 0.3) is 0 Å². The van der Waals surface area contributed by atoms with Gasteiger partial charge in [0.1, 0.15) is 0 Å². The van der Waals surface area contributed by atoms with Gasteiger partial charge >= 0.3 is 0 Å². The number of carbonyl (C=O) groups excluding carboxylic acids is 1. The van der Waals surface area contributed by atoms with Gasteiger partial charge in [0.2, 0.25) is 5.91 Å². The molecule has 1 aromatic heterocycles. The van der Waals surface area contributed by atoms with Gasteiger partial charge in [-0.05, 0) is 24.0 Å². The number of aromatic nitrogens is 1. The summed E-state index contributed by atoms with van der Waals surface area (Å²) in [6, 6.07) is 1.67. The fourth-order valence-corrected chi connectivity index (χ4v) is 1.27. The highest BCUT2D eigenvalue weighted by molar-refractivity contribution is 5.94. The van der Waals surface area contributed by atoms with Crippen LogP contribution in [0.15, 0.2) is 18.5 Å². The summed E-state index contributed by atoms with van der Waals surface area (Å²) in [6.45, 7) is 4.19. The summed E-state index contributed by atoms with van der Waals surface area (Å²) in [4.78, 5) is 15.0. The molecular weight excluding hydrogens is 164 g/mol. The normalized spacial score (nSPS) is 10.4. The highest BCUT2D eigenvalue weighted by Crippen LogP contribution is 2.11. The molecule has 0 spiro atoms. The first-order valence-corrected chi connectivity index (χ1v) is 4.34. The van der Waals surface area contributed by atoms with Crippen LogP contribution in [0.4, 0.5) is 0 Å². The van der Waals surface area contributed by atoms with Gasteiger partial charge in [0, 0.05) is 18.0 Å². The molecule has 0 unspecified atom stereocenters. The molecule has 3 nitrogen and oxygen atoms in total. The number of carbonyl (C=O) groups is 1. The van der Waals surface area contributed by atoms with Crippen LogP contribution in [-0.2, 0) is 6.42 Å². The van der Waals surface area contributed by atoms with E-state index >= 15 is 0 Å². The minimum atomic E-state index is -0.377. The van der Waals surface area contributed by atoms with E-state index in [4.69, 9.17) is 5.73 Å². The van der Waals surface area contributed by atoms with Crippen molar-refractivity contribution in [2.45, 2.75) is 20.3 Å². The molecule has 0 bridgehead atoms. The van der Waals surface area contributed by atoms with Gasteiger partial charge < -0.3 is 5.73 Å². The third-order valence-electron chi connectivity index (χ3n) is 1.80. The van der Waals surface area contributed by atoms with Crippen LogP contribution < -0.4 is 5.73 Å².